The molecule has 0 saturated carbocycles. The zero-order chi connectivity index (χ0) is 22.2. The van der Waals surface area contributed by atoms with Crippen LogP contribution in [0.1, 0.15) is 47.4 Å². The van der Waals surface area contributed by atoms with E-state index in [0.29, 0.717) is 23.2 Å². The molecule has 1 amide bonds. The predicted molar refractivity (Wildman–Crippen MR) is 110 cm³/mol. The van der Waals surface area contributed by atoms with E-state index in [9.17, 15) is 9.90 Å². The topological polar surface area (TPSA) is 132 Å². The molecule has 4 aromatic rings. The Morgan fingerprint density at radius 3 is 2.77 bits per heavy atom. The van der Waals surface area contributed by atoms with E-state index < -0.39 is 11.5 Å². The number of carbonyl (C=O) groups excluding carboxylic acids is 1. The van der Waals surface area contributed by atoms with Gasteiger partial charge in [-0.1, -0.05) is 23.8 Å². The Balaban J connectivity index is 1.49. The number of carbonyl (C=O) groups is 1. The average molecular weight is 422 g/mol. The van der Waals surface area contributed by atoms with Crippen molar-refractivity contribution in [1.29, 1.82) is 0 Å². The Bertz CT molecular complexity index is 1230. The fraction of sp³-hybridized carbons (Fsp3) is 0.286. The van der Waals surface area contributed by atoms with E-state index in [2.05, 4.69) is 25.5 Å². The summed E-state index contributed by atoms with van der Waals surface area (Å²) in [6.07, 6.45) is 2.80. The monoisotopic (exact) mass is 422 g/mol. The van der Waals surface area contributed by atoms with Gasteiger partial charge in [0.15, 0.2) is 23.2 Å². The van der Waals surface area contributed by atoms with Gasteiger partial charge in [-0.2, -0.15) is 9.90 Å². The number of aryl methyl sites for hydroxylation is 2. The van der Waals surface area contributed by atoms with Crippen molar-refractivity contribution in [2.75, 3.05) is 5.32 Å². The quantitative estimate of drug-likeness (QED) is 0.484. The predicted octanol–water partition coefficient (Wildman–Crippen LogP) is 3.07. The first kappa shape index (κ1) is 20.5. The third kappa shape index (κ3) is 4.53. The van der Waals surface area contributed by atoms with Crippen molar-refractivity contribution in [1.82, 2.24) is 25.0 Å². The van der Waals surface area contributed by atoms with Crippen LogP contribution >= 0.6 is 0 Å². The first-order valence-corrected chi connectivity index (χ1v) is 9.62. The molecule has 0 saturated heterocycles. The van der Waals surface area contributed by atoms with E-state index >= 15 is 0 Å². The van der Waals surface area contributed by atoms with Gasteiger partial charge in [0.05, 0.1) is 6.20 Å². The normalized spacial score (nSPS) is 11.6. The van der Waals surface area contributed by atoms with Crippen LogP contribution in [0.15, 0.2) is 45.6 Å². The van der Waals surface area contributed by atoms with Crippen LogP contribution in [-0.2, 0) is 12.1 Å². The minimum absolute atomic E-state index is 0.142. The molecule has 2 N–H and O–H groups in total. The third-order valence-corrected chi connectivity index (χ3v) is 4.46. The molecule has 0 aliphatic rings. The Labute approximate surface area is 177 Å². The Kier molecular flexibility index (Phi) is 5.15. The third-order valence-electron chi connectivity index (χ3n) is 4.46. The van der Waals surface area contributed by atoms with Crippen LogP contribution in [0.5, 0.6) is 0 Å². The van der Waals surface area contributed by atoms with Crippen molar-refractivity contribution < 1.29 is 18.7 Å². The minimum atomic E-state index is -1.11. The van der Waals surface area contributed by atoms with E-state index in [0.717, 1.165) is 11.1 Å². The summed E-state index contributed by atoms with van der Waals surface area (Å²) in [6.45, 7) is 7.02. The highest BCUT2D eigenvalue weighted by Gasteiger charge is 2.23. The maximum absolute atomic E-state index is 12.8. The zero-order valence-corrected chi connectivity index (χ0v) is 17.6. The van der Waals surface area contributed by atoms with Gasteiger partial charge in [0.1, 0.15) is 24.1 Å². The Morgan fingerprint density at radius 1 is 1.26 bits per heavy atom. The minimum Gasteiger partial charge on any atom is -0.446 e. The fourth-order valence-corrected chi connectivity index (χ4v) is 2.95. The summed E-state index contributed by atoms with van der Waals surface area (Å²) >= 11 is 0. The van der Waals surface area contributed by atoms with Crippen molar-refractivity contribution in [3.8, 4) is 11.3 Å². The first-order valence-electron chi connectivity index (χ1n) is 9.62. The number of anilines is 1. The lowest BCUT2D eigenvalue weighted by Crippen LogP contribution is -2.16. The summed E-state index contributed by atoms with van der Waals surface area (Å²) in [6, 6.07) is 7.63. The highest BCUT2D eigenvalue weighted by atomic mass is 16.4. The molecule has 3 heterocycles. The number of benzene rings is 1. The molecule has 10 nitrogen and oxygen atoms in total. The average Bonchev–Trinajstić information content (AvgIpc) is 3.42. The van der Waals surface area contributed by atoms with Crippen molar-refractivity contribution >= 4 is 11.7 Å². The number of amides is 1. The van der Waals surface area contributed by atoms with Crippen LogP contribution in [0.3, 0.4) is 0 Å². The summed E-state index contributed by atoms with van der Waals surface area (Å²) in [7, 11) is 0. The van der Waals surface area contributed by atoms with Gasteiger partial charge < -0.3 is 19.3 Å². The molecular formula is C21H22N6O4. The molecule has 10 heteroatoms. The van der Waals surface area contributed by atoms with Crippen molar-refractivity contribution in [2.24, 2.45) is 0 Å². The second-order valence-electron chi connectivity index (χ2n) is 7.68. The molecule has 31 heavy (non-hydrogen) atoms. The largest absolute Gasteiger partial charge is 0.446 e. The van der Waals surface area contributed by atoms with E-state index in [1.807, 2.05) is 31.2 Å². The molecule has 0 radical (unpaired) electrons. The second kappa shape index (κ2) is 7.80. The molecule has 0 aliphatic carbocycles. The van der Waals surface area contributed by atoms with Gasteiger partial charge in [0, 0.05) is 12.5 Å². The summed E-state index contributed by atoms with van der Waals surface area (Å²) in [5.74, 6) is 0.900. The first-order chi connectivity index (χ1) is 14.7. The summed E-state index contributed by atoms with van der Waals surface area (Å²) < 4.78 is 11.0. The van der Waals surface area contributed by atoms with E-state index in [1.54, 1.807) is 20.8 Å². The van der Waals surface area contributed by atoms with Crippen molar-refractivity contribution in [3.05, 3.63) is 65.5 Å². The van der Waals surface area contributed by atoms with E-state index in [4.69, 9.17) is 8.83 Å². The van der Waals surface area contributed by atoms with Gasteiger partial charge in [0.25, 0.3) is 5.91 Å². The van der Waals surface area contributed by atoms with Crippen LogP contribution < -0.4 is 5.32 Å². The molecular weight excluding hydrogens is 400 g/mol. The fourth-order valence-electron chi connectivity index (χ4n) is 2.95. The smallest absolute Gasteiger partial charge is 0.279 e. The Morgan fingerprint density at radius 2 is 2.06 bits per heavy atom. The SMILES string of the molecule is Cc1cccc(-c2oc(C)nc2C(=O)Nc2cnn(Cc3nc(C(C)(C)O)co3)n2)c1. The molecule has 0 aliphatic heterocycles. The number of nitrogens with zero attached hydrogens (tertiary/aromatic N) is 5. The van der Waals surface area contributed by atoms with Crippen LogP contribution in [0.4, 0.5) is 5.82 Å². The number of oxazole rings is 2. The molecule has 4 rings (SSSR count). The van der Waals surface area contributed by atoms with Crippen LogP contribution in [0.25, 0.3) is 11.3 Å². The molecule has 0 unspecified atom stereocenters. The van der Waals surface area contributed by atoms with Gasteiger partial charge >= 0.3 is 0 Å². The van der Waals surface area contributed by atoms with Gasteiger partial charge in [-0.25, -0.2) is 9.97 Å². The highest BCUT2D eigenvalue weighted by Crippen LogP contribution is 2.26. The van der Waals surface area contributed by atoms with Crippen LogP contribution in [0.2, 0.25) is 0 Å². The number of nitrogens with one attached hydrogen (secondary N) is 1. The summed E-state index contributed by atoms with van der Waals surface area (Å²) in [4.78, 5) is 22.6. The van der Waals surface area contributed by atoms with Crippen LogP contribution in [-0.4, -0.2) is 36.0 Å². The molecule has 0 spiro atoms. The van der Waals surface area contributed by atoms with Crippen molar-refractivity contribution in [3.63, 3.8) is 0 Å². The zero-order valence-electron chi connectivity index (χ0n) is 17.6. The summed E-state index contributed by atoms with van der Waals surface area (Å²) in [5.41, 5.74) is 1.28. The van der Waals surface area contributed by atoms with Gasteiger partial charge in [-0.3, -0.25) is 4.79 Å². The van der Waals surface area contributed by atoms with Crippen LogP contribution in [0, 0.1) is 13.8 Å². The molecule has 0 bridgehead atoms. The van der Waals surface area contributed by atoms with Gasteiger partial charge in [-0.05, 0) is 26.8 Å². The molecule has 1 aromatic carbocycles. The summed E-state index contributed by atoms with van der Waals surface area (Å²) in [5, 5.41) is 21.0. The standard InChI is InChI=1S/C21H22N6O4/c1-12-6-5-7-14(8-12)19-18(23-13(2)31-19)20(28)25-16-9-22-27(26-16)10-17-24-15(11-30-17)21(3,4)29/h5-9,11,29H,10H2,1-4H3,(H,25,26,28). The molecule has 160 valence electrons. The number of hydrogen-bond acceptors (Lipinski definition) is 8. The number of aliphatic hydroxyl groups is 1. The molecule has 0 atom stereocenters. The number of aromatic nitrogens is 5. The van der Waals surface area contributed by atoms with E-state index in [-0.39, 0.29) is 18.1 Å². The molecule has 0 fully saturated rings. The van der Waals surface area contributed by atoms with Gasteiger partial charge in [0.2, 0.25) is 5.89 Å². The highest BCUT2D eigenvalue weighted by molar-refractivity contribution is 6.05. The lowest BCUT2D eigenvalue weighted by Gasteiger charge is -2.11. The lowest BCUT2D eigenvalue weighted by molar-refractivity contribution is 0.0737. The van der Waals surface area contributed by atoms with Crippen molar-refractivity contribution in [2.45, 2.75) is 39.8 Å². The maximum atomic E-state index is 12.8. The maximum Gasteiger partial charge on any atom is 0.279 e. The second-order valence-corrected chi connectivity index (χ2v) is 7.68. The van der Waals surface area contributed by atoms with Gasteiger partial charge in [-0.15, -0.1) is 5.10 Å². The number of rotatable bonds is 6. The number of hydrogen-bond donors (Lipinski definition) is 2. The Hall–Kier alpha value is -3.79. The van der Waals surface area contributed by atoms with E-state index in [1.165, 1.54) is 17.3 Å². The molecule has 3 aromatic heterocycles. The lowest BCUT2D eigenvalue weighted by atomic mass is 10.1.